The van der Waals surface area contributed by atoms with Crippen LogP contribution in [0.3, 0.4) is 0 Å². The Kier molecular flexibility index (Phi) is 4.65. The molecule has 1 aromatic heterocycles. The van der Waals surface area contributed by atoms with Gasteiger partial charge in [0.25, 0.3) is 0 Å². The van der Waals surface area contributed by atoms with Crippen molar-refractivity contribution in [1.29, 1.82) is 5.26 Å². The van der Waals surface area contributed by atoms with Crippen LogP contribution in [0.1, 0.15) is 37.8 Å². The number of anilines is 1. The molecule has 2 rings (SSSR count). The third-order valence-corrected chi connectivity index (χ3v) is 2.33. The lowest BCUT2D eigenvalue weighted by molar-refractivity contribution is -0.117. The van der Waals surface area contributed by atoms with E-state index in [4.69, 9.17) is 5.26 Å². The number of pyridine rings is 1. The first-order valence-electron chi connectivity index (χ1n) is 5.88. The molecule has 0 unspecified atom stereocenters. The van der Waals surface area contributed by atoms with Crippen LogP contribution in [-0.2, 0) is 4.79 Å². The van der Waals surface area contributed by atoms with Gasteiger partial charge in [-0.1, -0.05) is 13.8 Å². The summed E-state index contributed by atoms with van der Waals surface area (Å²) in [5.41, 5.74) is 1.33. The largest absolute Gasteiger partial charge is 0.309 e. The van der Waals surface area contributed by atoms with Crippen LogP contribution >= 0.6 is 0 Å². The number of amides is 1. The Morgan fingerprint density at radius 1 is 1.53 bits per heavy atom. The first-order chi connectivity index (χ1) is 8.20. The molecule has 0 bridgehead atoms. The molecule has 0 radical (unpaired) electrons. The minimum Gasteiger partial charge on any atom is -0.309 e. The summed E-state index contributed by atoms with van der Waals surface area (Å²) in [6.45, 7) is 5.86. The second kappa shape index (κ2) is 6.00. The molecule has 0 saturated heterocycles. The van der Waals surface area contributed by atoms with Crippen LogP contribution in [0.2, 0.25) is 0 Å². The van der Waals surface area contributed by atoms with Gasteiger partial charge in [-0.15, -0.1) is 0 Å². The molecule has 1 aliphatic rings. The van der Waals surface area contributed by atoms with Crippen LogP contribution in [0, 0.1) is 24.2 Å². The maximum Gasteiger partial charge on any atom is 0.228 e. The number of aromatic nitrogens is 1. The third kappa shape index (κ3) is 3.56. The predicted octanol–water partition coefficient (Wildman–Crippen LogP) is 2.64. The van der Waals surface area contributed by atoms with Crippen molar-refractivity contribution in [2.24, 2.45) is 5.92 Å². The van der Waals surface area contributed by atoms with Gasteiger partial charge in [-0.2, -0.15) is 5.26 Å². The summed E-state index contributed by atoms with van der Waals surface area (Å²) in [6.07, 6.45) is 3.53. The van der Waals surface area contributed by atoms with E-state index in [2.05, 4.69) is 10.3 Å². The molecule has 4 nitrogen and oxygen atoms in total. The first-order valence-corrected chi connectivity index (χ1v) is 5.88. The zero-order valence-corrected chi connectivity index (χ0v) is 10.4. The summed E-state index contributed by atoms with van der Waals surface area (Å²) >= 11 is 0. The smallest absolute Gasteiger partial charge is 0.228 e. The molecule has 17 heavy (non-hydrogen) atoms. The molecule has 0 atom stereocenters. The van der Waals surface area contributed by atoms with Crippen molar-refractivity contribution >= 4 is 11.7 Å². The number of hydrogen-bond acceptors (Lipinski definition) is 3. The molecule has 0 aliphatic heterocycles. The molecule has 1 heterocycles. The molecule has 0 spiro atoms. The molecule has 90 valence electrons. The van der Waals surface area contributed by atoms with Gasteiger partial charge >= 0.3 is 0 Å². The summed E-state index contributed by atoms with van der Waals surface area (Å²) in [5, 5.41) is 11.5. The molecule has 1 aromatic rings. The Hall–Kier alpha value is -1.89. The van der Waals surface area contributed by atoms with Crippen molar-refractivity contribution in [2.45, 2.75) is 33.6 Å². The summed E-state index contributed by atoms with van der Waals surface area (Å²) in [4.78, 5) is 15.5. The summed E-state index contributed by atoms with van der Waals surface area (Å²) < 4.78 is 0. The van der Waals surface area contributed by atoms with Crippen molar-refractivity contribution in [3.05, 3.63) is 23.4 Å². The topological polar surface area (TPSA) is 65.8 Å². The lowest BCUT2D eigenvalue weighted by Crippen LogP contribution is -2.15. The number of nitrogens with one attached hydrogen (secondary N) is 1. The van der Waals surface area contributed by atoms with Gasteiger partial charge in [0.2, 0.25) is 5.91 Å². The number of carbonyl (C=O) groups is 1. The van der Waals surface area contributed by atoms with E-state index in [-0.39, 0.29) is 11.8 Å². The standard InChI is InChI=1S/C11H11N3O.C2H6/c1-7-4-9(5-12)10(13-6-7)14-11(15)8-2-3-8;1-2/h4,6,8H,2-3H2,1H3,(H,13,14,15);1-2H3. The average Bonchev–Trinajstić information content (AvgIpc) is 3.18. The molecule has 1 N–H and O–H groups in total. The molecule has 1 aliphatic carbocycles. The molecule has 4 heteroatoms. The Balaban J connectivity index is 0.000000686. The van der Waals surface area contributed by atoms with Crippen LogP contribution in [0.4, 0.5) is 5.82 Å². The minimum atomic E-state index is -0.0251. The van der Waals surface area contributed by atoms with E-state index in [1.807, 2.05) is 26.8 Å². The van der Waals surface area contributed by atoms with Crippen LogP contribution < -0.4 is 5.32 Å². The van der Waals surface area contributed by atoms with E-state index in [1.165, 1.54) is 0 Å². The SMILES string of the molecule is CC.Cc1cnc(NC(=O)C2CC2)c(C#N)c1. The molecule has 1 saturated carbocycles. The number of rotatable bonds is 2. The van der Waals surface area contributed by atoms with Gasteiger partial charge in [0, 0.05) is 12.1 Å². The number of nitriles is 1. The Morgan fingerprint density at radius 2 is 2.18 bits per heavy atom. The van der Waals surface area contributed by atoms with E-state index in [1.54, 1.807) is 12.3 Å². The van der Waals surface area contributed by atoms with Crippen LogP contribution in [0.25, 0.3) is 0 Å². The fourth-order valence-corrected chi connectivity index (χ4v) is 1.32. The van der Waals surface area contributed by atoms with Crippen molar-refractivity contribution < 1.29 is 4.79 Å². The second-order valence-electron chi connectivity index (χ2n) is 3.78. The van der Waals surface area contributed by atoms with Crippen molar-refractivity contribution in [1.82, 2.24) is 4.98 Å². The van der Waals surface area contributed by atoms with E-state index >= 15 is 0 Å². The summed E-state index contributed by atoms with van der Waals surface area (Å²) in [7, 11) is 0. The summed E-state index contributed by atoms with van der Waals surface area (Å²) in [5.74, 6) is 0.475. The second-order valence-corrected chi connectivity index (χ2v) is 3.78. The number of nitrogens with zero attached hydrogens (tertiary/aromatic N) is 2. The normalized spacial score (nSPS) is 13.1. The van der Waals surface area contributed by atoms with Crippen molar-refractivity contribution in [3.63, 3.8) is 0 Å². The lowest BCUT2D eigenvalue weighted by atomic mass is 10.2. The molecular formula is C13H17N3O. The number of aryl methyl sites for hydroxylation is 1. The molecule has 0 aromatic carbocycles. The highest BCUT2D eigenvalue weighted by Crippen LogP contribution is 2.30. The van der Waals surface area contributed by atoms with Gasteiger partial charge in [0.05, 0.1) is 5.56 Å². The van der Waals surface area contributed by atoms with Crippen molar-refractivity contribution in [3.8, 4) is 6.07 Å². The summed E-state index contributed by atoms with van der Waals surface area (Å²) in [6, 6.07) is 3.74. The van der Waals surface area contributed by atoms with E-state index < -0.39 is 0 Å². The predicted molar refractivity (Wildman–Crippen MR) is 66.4 cm³/mol. The molecular weight excluding hydrogens is 214 g/mol. The van der Waals surface area contributed by atoms with Gasteiger partial charge < -0.3 is 5.32 Å². The highest BCUT2D eigenvalue weighted by atomic mass is 16.2. The van der Waals surface area contributed by atoms with E-state index in [0.717, 1.165) is 18.4 Å². The average molecular weight is 231 g/mol. The third-order valence-electron chi connectivity index (χ3n) is 2.33. The van der Waals surface area contributed by atoms with Crippen molar-refractivity contribution in [2.75, 3.05) is 5.32 Å². The quantitative estimate of drug-likeness (QED) is 0.850. The van der Waals surface area contributed by atoms with Gasteiger partial charge in [-0.3, -0.25) is 4.79 Å². The maximum atomic E-state index is 11.5. The number of hydrogen-bond donors (Lipinski definition) is 1. The van der Waals surface area contributed by atoms with E-state index in [9.17, 15) is 4.79 Å². The van der Waals surface area contributed by atoms with Gasteiger partial charge in [-0.05, 0) is 31.4 Å². The zero-order valence-electron chi connectivity index (χ0n) is 10.4. The van der Waals surface area contributed by atoms with Gasteiger partial charge in [0.15, 0.2) is 0 Å². The lowest BCUT2D eigenvalue weighted by Gasteiger charge is -2.05. The fourth-order valence-electron chi connectivity index (χ4n) is 1.32. The maximum absolute atomic E-state index is 11.5. The Labute approximate surface area is 102 Å². The first kappa shape index (κ1) is 13.2. The van der Waals surface area contributed by atoms with Gasteiger partial charge in [-0.25, -0.2) is 4.98 Å². The van der Waals surface area contributed by atoms with E-state index in [0.29, 0.717) is 11.4 Å². The van der Waals surface area contributed by atoms with Crippen LogP contribution in [0.5, 0.6) is 0 Å². The van der Waals surface area contributed by atoms with Gasteiger partial charge in [0.1, 0.15) is 11.9 Å². The van der Waals surface area contributed by atoms with Crippen LogP contribution in [-0.4, -0.2) is 10.9 Å². The molecule has 1 fully saturated rings. The monoisotopic (exact) mass is 231 g/mol. The Morgan fingerprint density at radius 3 is 2.71 bits per heavy atom. The highest BCUT2D eigenvalue weighted by Gasteiger charge is 2.30. The Bertz CT molecular complexity index is 444. The fraction of sp³-hybridized carbons (Fsp3) is 0.462. The number of carbonyl (C=O) groups excluding carboxylic acids is 1. The zero-order chi connectivity index (χ0) is 12.8. The highest BCUT2D eigenvalue weighted by molar-refractivity contribution is 5.94. The molecule has 1 amide bonds. The minimum absolute atomic E-state index is 0.0251. The van der Waals surface area contributed by atoms with Crippen LogP contribution in [0.15, 0.2) is 12.3 Å².